The first-order valence-electron chi connectivity index (χ1n) is 6.82. The molecule has 0 aliphatic carbocycles. The number of carbonyl (C=O) groups excluding carboxylic acids is 1. The van der Waals surface area contributed by atoms with E-state index in [0.717, 1.165) is 22.3 Å². The fraction of sp³-hybridized carbons (Fsp3) is 0.267. The Labute approximate surface area is 132 Å². The molecule has 0 saturated carbocycles. The van der Waals surface area contributed by atoms with Crippen molar-refractivity contribution < 1.29 is 4.79 Å². The minimum absolute atomic E-state index is 0.120. The van der Waals surface area contributed by atoms with E-state index in [1.165, 1.54) is 11.7 Å². The standard InChI is InChI=1S/C15H15N5OS/c1-9-6-14(17-10(2)16-9)15(21)20(3)8-11-4-5-12-13(7-11)19-22-18-12/h4-7H,8H2,1-3H3. The van der Waals surface area contributed by atoms with Gasteiger partial charge in [0, 0.05) is 19.3 Å². The molecule has 2 heterocycles. The summed E-state index contributed by atoms with van der Waals surface area (Å²) in [4.78, 5) is 22.5. The molecular weight excluding hydrogens is 298 g/mol. The number of rotatable bonds is 3. The summed E-state index contributed by atoms with van der Waals surface area (Å²) >= 11 is 1.19. The van der Waals surface area contributed by atoms with E-state index >= 15 is 0 Å². The second kappa shape index (κ2) is 5.76. The van der Waals surface area contributed by atoms with Crippen molar-refractivity contribution in [1.82, 2.24) is 23.6 Å². The molecule has 2 aromatic heterocycles. The number of aromatic nitrogens is 4. The summed E-state index contributed by atoms with van der Waals surface area (Å²) in [6.45, 7) is 4.13. The zero-order valence-electron chi connectivity index (χ0n) is 12.6. The molecule has 0 spiro atoms. The largest absolute Gasteiger partial charge is 0.336 e. The van der Waals surface area contributed by atoms with Gasteiger partial charge in [-0.05, 0) is 37.6 Å². The van der Waals surface area contributed by atoms with Crippen LogP contribution in [0.5, 0.6) is 0 Å². The third-order valence-electron chi connectivity index (χ3n) is 3.27. The fourth-order valence-electron chi connectivity index (χ4n) is 2.29. The van der Waals surface area contributed by atoms with Gasteiger partial charge in [0.2, 0.25) is 0 Å². The molecule has 0 aliphatic rings. The summed E-state index contributed by atoms with van der Waals surface area (Å²) in [5.41, 5.74) is 3.96. The van der Waals surface area contributed by atoms with Crippen LogP contribution < -0.4 is 0 Å². The van der Waals surface area contributed by atoms with Gasteiger partial charge in [0.05, 0.1) is 11.7 Å². The molecule has 3 rings (SSSR count). The Morgan fingerprint density at radius 1 is 1.14 bits per heavy atom. The molecule has 0 aliphatic heterocycles. The third kappa shape index (κ3) is 2.94. The van der Waals surface area contributed by atoms with Crippen molar-refractivity contribution in [2.24, 2.45) is 0 Å². The van der Waals surface area contributed by atoms with Gasteiger partial charge in [0.1, 0.15) is 22.6 Å². The maximum Gasteiger partial charge on any atom is 0.272 e. The monoisotopic (exact) mass is 313 g/mol. The van der Waals surface area contributed by atoms with Crippen LogP contribution in [0.2, 0.25) is 0 Å². The normalized spacial score (nSPS) is 10.9. The van der Waals surface area contributed by atoms with Gasteiger partial charge in [-0.2, -0.15) is 8.75 Å². The highest BCUT2D eigenvalue weighted by Gasteiger charge is 2.15. The van der Waals surface area contributed by atoms with E-state index in [0.29, 0.717) is 18.1 Å². The Balaban J connectivity index is 1.80. The quantitative estimate of drug-likeness (QED) is 0.742. The van der Waals surface area contributed by atoms with E-state index in [4.69, 9.17) is 0 Å². The Morgan fingerprint density at radius 2 is 1.91 bits per heavy atom. The number of hydrogen-bond donors (Lipinski definition) is 0. The van der Waals surface area contributed by atoms with Gasteiger partial charge in [0.15, 0.2) is 0 Å². The van der Waals surface area contributed by atoms with E-state index in [1.807, 2.05) is 25.1 Å². The van der Waals surface area contributed by atoms with Gasteiger partial charge < -0.3 is 4.90 Å². The second-order valence-electron chi connectivity index (χ2n) is 5.19. The lowest BCUT2D eigenvalue weighted by atomic mass is 10.2. The highest BCUT2D eigenvalue weighted by molar-refractivity contribution is 7.00. The predicted octanol–water partition coefficient (Wildman–Crippen LogP) is 2.37. The second-order valence-corrected chi connectivity index (χ2v) is 5.72. The van der Waals surface area contributed by atoms with Crippen LogP contribution in [-0.4, -0.2) is 36.6 Å². The lowest BCUT2D eigenvalue weighted by Crippen LogP contribution is -2.27. The van der Waals surface area contributed by atoms with Crippen LogP contribution in [0.25, 0.3) is 11.0 Å². The average Bonchev–Trinajstić information content (AvgIpc) is 2.93. The summed E-state index contributed by atoms with van der Waals surface area (Å²) in [6.07, 6.45) is 0. The van der Waals surface area contributed by atoms with Gasteiger partial charge in [-0.3, -0.25) is 4.79 Å². The van der Waals surface area contributed by atoms with Crippen molar-refractivity contribution in [2.75, 3.05) is 7.05 Å². The van der Waals surface area contributed by atoms with Crippen LogP contribution in [0.15, 0.2) is 24.3 Å². The number of nitrogens with zero attached hydrogens (tertiary/aromatic N) is 5. The predicted molar refractivity (Wildman–Crippen MR) is 84.7 cm³/mol. The SMILES string of the molecule is Cc1cc(C(=O)N(C)Cc2ccc3nsnc3c2)nc(C)n1. The lowest BCUT2D eigenvalue weighted by Gasteiger charge is -2.17. The molecule has 1 aromatic carbocycles. The first-order chi connectivity index (χ1) is 10.5. The lowest BCUT2D eigenvalue weighted by molar-refractivity contribution is 0.0778. The number of amides is 1. The van der Waals surface area contributed by atoms with Crippen molar-refractivity contribution >= 4 is 28.7 Å². The molecule has 6 nitrogen and oxygen atoms in total. The zero-order valence-corrected chi connectivity index (χ0v) is 13.4. The van der Waals surface area contributed by atoms with Crippen LogP contribution in [0, 0.1) is 13.8 Å². The summed E-state index contributed by atoms with van der Waals surface area (Å²) in [5.74, 6) is 0.483. The first-order valence-corrected chi connectivity index (χ1v) is 7.55. The van der Waals surface area contributed by atoms with E-state index in [-0.39, 0.29) is 5.91 Å². The van der Waals surface area contributed by atoms with Crippen LogP contribution in [0.3, 0.4) is 0 Å². The Hall–Kier alpha value is -2.41. The van der Waals surface area contributed by atoms with E-state index in [9.17, 15) is 4.79 Å². The molecule has 0 N–H and O–H groups in total. The van der Waals surface area contributed by atoms with Gasteiger partial charge in [-0.25, -0.2) is 9.97 Å². The minimum Gasteiger partial charge on any atom is -0.336 e. The number of hydrogen-bond acceptors (Lipinski definition) is 6. The van der Waals surface area contributed by atoms with Gasteiger partial charge >= 0.3 is 0 Å². The Bertz CT molecular complexity index is 825. The van der Waals surface area contributed by atoms with Crippen LogP contribution >= 0.6 is 11.7 Å². The molecule has 0 radical (unpaired) electrons. The summed E-state index contributed by atoms with van der Waals surface area (Å²) < 4.78 is 8.39. The van der Waals surface area contributed by atoms with Crippen molar-refractivity contribution in [3.05, 3.63) is 47.0 Å². The van der Waals surface area contributed by atoms with E-state index < -0.39 is 0 Å². The highest BCUT2D eigenvalue weighted by atomic mass is 32.1. The van der Waals surface area contributed by atoms with Crippen LogP contribution in [0.1, 0.15) is 27.6 Å². The molecule has 0 atom stereocenters. The minimum atomic E-state index is -0.120. The van der Waals surface area contributed by atoms with Crippen LogP contribution in [0.4, 0.5) is 0 Å². The Morgan fingerprint density at radius 3 is 2.68 bits per heavy atom. The number of fused-ring (bicyclic) bond motifs is 1. The zero-order chi connectivity index (χ0) is 15.7. The van der Waals surface area contributed by atoms with E-state index in [1.54, 1.807) is 24.9 Å². The van der Waals surface area contributed by atoms with Crippen molar-refractivity contribution in [3.63, 3.8) is 0 Å². The molecule has 0 bridgehead atoms. The van der Waals surface area contributed by atoms with Crippen LogP contribution in [-0.2, 0) is 6.54 Å². The maximum atomic E-state index is 12.5. The maximum absolute atomic E-state index is 12.5. The van der Waals surface area contributed by atoms with Gasteiger partial charge in [-0.1, -0.05) is 6.07 Å². The molecular formula is C15H15N5OS. The summed E-state index contributed by atoms with van der Waals surface area (Å²) in [6, 6.07) is 7.55. The molecule has 112 valence electrons. The number of aryl methyl sites for hydroxylation is 2. The smallest absolute Gasteiger partial charge is 0.272 e. The average molecular weight is 313 g/mol. The van der Waals surface area contributed by atoms with E-state index in [2.05, 4.69) is 18.7 Å². The number of benzene rings is 1. The van der Waals surface area contributed by atoms with Crippen molar-refractivity contribution in [2.45, 2.75) is 20.4 Å². The van der Waals surface area contributed by atoms with Crippen molar-refractivity contribution in [3.8, 4) is 0 Å². The summed E-state index contributed by atoms with van der Waals surface area (Å²) in [5, 5.41) is 0. The topological polar surface area (TPSA) is 71.9 Å². The Kier molecular flexibility index (Phi) is 3.81. The molecule has 22 heavy (non-hydrogen) atoms. The molecule has 0 fully saturated rings. The third-order valence-corrected chi connectivity index (χ3v) is 3.83. The highest BCUT2D eigenvalue weighted by Crippen LogP contribution is 2.15. The molecule has 0 unspecified atom stereocenters. The number of carbonyl (C=O) groups is 1. The molecule has 3 aromatic rings. The van der Waals surface area contributed by atoms with Gasteiger partial charge in [-0.15, -0.1) is 0 Å². The first kappa shape index (κ1) is 14.5. The fourth-order valence-corrected chi connectivity index (χ4v) is 2.81. The van der Waals surface area contributed by atoms with Crippen molar-refractivity contribution in [1.29, 1.82) is 0 Å². The molecule has 0 saturated heterocycles. The molecule has 1 amide bonds. The van der Waals surface area contributed by atoms with Gasteiger partial charge in [0.25, 0.3) is 5.91 Å². The summed E-state index contributed by atoms with van der Waals surface area (Å²) in [7, 11) is 1.76. The molecule has 7 heteroatoms.